The average Bonchev–Trinajstić information content (AvgIpc) is 2.83. The first-order chi connectivity index (χ1) is 9.56. The van der Waals surface area contributed by atoms with Gasteiger partial charge in [-0.2, -0.15) is 0 Å². The first-order valence-corrected chi connectivity index (χ1v) is 7.15. The normalized spacial score (nSPS) is 10.9. The summed E-state index contributed by atoms with van der Waals surface area (Å²) in [6, 6.07) is 13.4. The van der Waals surface area contributed by atoms with Gasteiger partial charge in [-0.15, -0.1) is 0 Å². The van der Waals surface area contributed by atoms with Gasteiger partial charge in [-0.25, -0.2) is 0 Å². The molecule has 20 heavy (non-hydrogen) atoms. The Morgan fingerprint density at radius 3 is 2.60 bits per heavy atom. The van der Waals surface area contributed by atoms with Crippen LogP contribution in [-0.2, 0) is 0 Å². The lowest BCUT2D eigenvalue weighted by Gasteiger charge is -2.03. The molecule has 0 saturated heterocycles. The van der Waals surface area contributed by atoms with Crippen molar-refractivity contribution >= 4 is 32.7 Å². The van der Waals surface area contributed by atoms with E-state index in [1.165, 1.54) is 0 Å². The molecule has 0 radical (unpaired) electrons. The summed E-state index contributed by atoms with van der Waals surface area (Å²) >= 11 is 3.43. The minimum atomic E-state index is -0.0781. The maximum absolute atomic E-state index is 12.6. The van der Waals surface area contributed by atoms with E-state index < -0.39 is 0 Å². The number of hydrogen-bond acceptors (Lipinski definition) is 2. The third-order valence-corrected chi connectivity index (χ3v) is 3.97. The van der Waals surface area contributed by atoms with Crippen LogP contribution in [-0.4, -0.2) is 5.78 Å². The number of hydrogen-bond donors (Lipinski definition) is 0. The highest BCUT2D eigenvalue weighted by Crippen LogP contribution is 2.28. The topological polar surface area (TPSA) is 30.2 Å². The van der Waals surface area contributed by atoms with Gasteiger partial charge in [-0.3, -0.25) is 4.79 Å². The molecule has 0 bridgehead atoms. The van der Waals surface area contributed by atoms with E-state index in [0.717, 1.165) is 21.0 Å². The second kappa shape index (κ2) is 4.91. The molecule has 0 atom stereocenters. The molecule has 0 saturated carbocycles. The van der Waals surface area contributed by atoms with Gasteiger partial charge in [-0.05, 0) is 47.5 Å². The molecular formula is C17H13BrO2. The van der Waals surface area contributed by atoms with Crippen molar-refractivity contribution in [2.24, 2.45) is 0 Å². The highest BCUT2D eigenvalue weighted by molar-refractivity contribution is 9.10. The summed E-state index contributed by atoms with van der Waals surface area (Å²) in [5.74, 6) is 0.296. The minimum absolute atomic E-state index is 0.0781. The van der Waals surface area contributed by atoms with Crippen LogP contribution in [0.1, 0.15) is 27.2 Å². The molecule has 0 spiro atoms. The molecule has 1 aromatic heterocycles. The lowest BCUT2D eigenvalue weighted by Crippen LogP contribution is -2.02. The number of para-hydroxylation sites is 1. The number of aryl methyl sites for hydroxylation is 2. The van der Waals surface area contributed by atoms with Crippen LogP contribution in [0.15, 0.2) is 51.4 Å². The first-order valence-electron chi connectivity index (χ1n) is 6.36. The number of halogens is 1. The highest BCUT2D eigenvalue weighted by Gasteiger charge is 2.17. The van der Waals surface area contributed by atoms with Gasteiger partial charge in [0.2, 0.25) is 5.78 Å². The lowest BCUT2D eigenvalue weighted by atomic mass is 10.0. The van der Waals surface area contributed by atoms with E-state index in [2.05, 4.69) is 15.9 Å². The van der Waals surface area contributed by atoms with Crippen molar-refractivity contribution in [3.05, 3.63) is 69.4 Å². The lowest BCUT2D eigenvalue weighted by molar-refractivity contribution is 0.101. The quantitative estimate of drug-likeness (QED) is 0.616. The van der Waals surface area contributed by atoms with Crippen LogP contribution in [0.25, 0.3) is 11.0 Å². The molecule has 2 nitrogen and oxygen atoms in total. The van der Waals surface area contributed by atoms with Crippen molar-refractivity contribution in [2.45, 2.75) is 13.8 Å². The summed E-state index contributed by atoms with van der Waals surface area (Å²) in [7, 11) is 0. The van der Waals surface area contributed by atoms with Crippen LogP contribution in [0, 0.1) is 13.8 Å². The van der Waals surface area contributed by atoms with Crippen LogP contribution in [0.4, 0.5) is 0 Å². The van der Waals surface area contributed by atoms with Gasteiger partial charge in [0.1, 0.15) is 5.58 Å². The van der Waals surface area contributed by atoms with Crippen LogP contribution in [0.3, 0.4) is 0 Å². The largest absolute Gasteiger partial charge is 0.451 e. The Balaban J connectivity index is 2.10. The minimum Gasteiger partial charge on any atom is -0.451 e. The van der Waals surface area contributed by atoms with E-state index >= 15 is 0 Å². The molecule has 2 aromatic carbocycles. The zero-order valence-corrected chi connectivity index (χ0v) is 12.8. The Morgan fingerprint density at radius 1 is 1.10 bits per heavy atom. The molecule has 0 amide bonds. The molecular weight excluding hydrogens is 316 g/mol. The highest BCUT2D eigenvalue weighted by atomic mass is 79.9. The van der Waals surface area contributed by atoms with Crippen molar-refractivity contribution in [3.63, 3.8) is 0 Å². The molecule has 3 heteroatoms. The zero-order chi connectivity index (χ0) is 14.3. The SMILES string of the molecule is Cc1ccc(C(=O)c2cc3cccc(Br)c3o2)c(C)c1. The smallest absolute Gasteiger partial charge is 0.228 e. The Morgan fingerprint density at radius 2 is 1.90 bits per heavy atom. The summed E-state index contributed by atoms with van der Waals surface area (Å²) < 4.78 is 6.56. The third kappa shape index (κ3) is 2.18. The molecule has 3 rings (SSSR count). The van der Waals surface area contributed by atoms with Crippen molar-refractivity contribution < 1.29 is 9.21 Å². The van der Waals surface area contributed by atoms with Crippen molar-refractivity contribution in [1.29, 1.82) is 0 Å². The third-order valence-electron chi connectivity index (χ3n) is 3.35. The van der Waals surface area contributed by atoms with Crippen LogP contribution >= 0.6 is 15.9 Å². The Hall–Kier alpha value is -1.87. The van der Waals surface area contributed by atoms with E-state index in [4.69, 9.17) is 4.42 Å². The van der Waals surface area contributed by atoms with Gasteiger partial charge in [0, 0.05) is 10.9 Å². The van der Waals surface area contributed by atoms with Crippen molar-refractivity contribution in [3.8, 4) is 0 Å². The van der Waals surface area contributed by atoms with Crippen LogP contribution < -0.4 is 0 Å². The Bertz CT molecular complexity index is 815. The van der Waals surface area contributed by atoms with Crippen molar-refractivity contribution in [1.82, 2.24) is 0 Å². The molecule has 0 aliphatic heterocycles. The van der Waals surface area contributed by atoms with E-state index in [9.17, 15) is 4.79 Å². The molecule has 0 fully saturated rings. The maximum Gasteiger partial charge on any atom is 0.228 e. The molecule has 1 heterocycles. The van der Waals surface area contributed by atoms with Gasteiger partial charge < -0.3 is 4.42 Å². The van der Waals surface area contributed by atoms with E-state index in [-0.39, 0.29) is 5.78 Å². The van der Waals surface area contributed by atoms with Crippen molar-refractivity contribution in [2.75, 3.05) is 0 Å². The average molecular weight is 329 g/mol. The Labute approximate surface area is 125 Å². The molecule has 3 aromatic rings. The summed E-state index contributed by atoms with van der Waals surface area (Å²) in [6.45, 7) is 3.96. The number of benzene rings is 2. The predicted octanol–water partition coefficient (Wildman–Crippen LogP) is 5.04. The number of rotatable bonds is 2. The maximum atomic E-state index is 12.6. The van der Waals surface area contributed by atoms with Gasteiger partial charge >= 0.3 is 0 Å². The van der Waals surface area contributed by atoms with E-state index in [0.29, 0.717) is 16.9 Å². The Kier molecular flexibility index (Phi) is 3.22. The van der Waals surface area contributed by atoms with Crippen LogP contribution in [0.5, 0.6) is 0 Å². The fourth-order valence-electron chi connectivity index (χ4n) is 2.34. The summed E-state index contributed by atoms with van der Waals surface area (Å²) in [5.41, 5.74) is 3.51. The molecule has 0 aliphatic carbocycles. The molecule has 100 valence electrons. The van der Waals surface area contributed by atoms with Gasteiger partial charge in [0.05, 0.1) is 4.47 Å². The van der Waals surface area contributed by atoms with Gasteiger partial charge in [-0.1, -0.05) is 35.9 Å². The van der Waals surface area contributed by atoms with Gasteiger partial charge in [0.15, 0.2) is 5.76 Å². The van der Waals surface area contributed by atoms with E-state index in [1.807, 2.05) is 50.2 Å². The predicted molar refractivity (Wildman–Crippen MR) is 83.3 cm³/mol. The number of furan rings is 1. The monoisotopic (exact) mass is 328 g/mol. The van der Waals surface area contributed by atoms with Crippen LogP contribution in [0.2, 0.25) is 0 Å². The fourth-order valence-corrected chi connectivity index (χ4v) is 2.80. The summed E-state index contributed by atoms with van der Waals surface area (Å²) in [5, 5.41) is 0.924. The first kappa shape index (κ1) is 13.1. The standard InChI is InChI=1S/C17H13BrO2/c1-10-6-7-13(11(2)8-10)16(19)15-9-12-4-3-5-14(18)17(12)20-15/h3-9H,1-2H3. The molecule has 0 N–H and O–H groups in total. The number of fused-ring (bicyclic) bond motifs is 1. The molecule has 0 aliphatic rings. The number of carbonyl (C=O) groups excluding carboxylic acids is 1. The fraction of sp³-hybridized carbons (Fsp3) is 0.118. The van der Waals surface area contributed by atoms with E-state index in [1.54, 1.807) is 6.07 Å². The second-order valence-corrected chi connectivity index (χ2v) is 5.77. The van der Waals surface area contributed by atoms with Gasteiger partial charge in [0.25, 0.3) is 0 Å². The number of ketones is 1. The summed E-state index contributed by atoms with van der Waals surface area (Å²) in [6.07, 6.45) is 0. The summed E-state index contributed by atoms with van der Waals surface area (Å²) in [4.78, 5) is 12.6. The second-order valence-electron chi connectivity index (χ2n) is 4.92. The molecule has 0 unspecified atom stereocenters. The zero-order valence-electron chi connectivity index (χ0n) is 11.2. The number of carbonyl (C=O) groups is 1.